The lowest BCUT2D eigenvalue weighted by molar-refractivity contribution is -0.0585. The monoisotopic (exact) mass is 393 g/mol. The molecule has 0 radical (unpaired) electrons. The number of nitrogens with zero attached hydrogens (tertiary/aromatic N) is 4. The van der Waals surface area contributed by atoms with Crippen LogP contribution in [0.25, 0.3) is 21.6 Å². The number of nitrogen functional groups attached to an aromatic ring is 1. The quantitative estimate of drug-likeness (QED) is 0.717. The number of fused-ring (bicyclic) bond motifs is 1. The van der Waals surface area contributed by atoms with Gasteiger partial charge in [-0.1, -0.05) is 12.1 Å². The third-order valence-electron chi connectivity index (χ3n) is 4.59. The zero-order chi connectivity index (χ0) is 19.8. The first-order valence-corrected chi connectivity index (χ1v) is 9.78. The average molecular weight is 393 g/mol. The van der Waals surface area contributed by atoms with E-state index in [4.69, 9.17) is 15.7 Å². The van der Waals surface area contributed by atoms with Crippen LogP contribution < -0.4 is 5.73 Å². The van der Waals surface area contributed by atoms with Crippen LogP contribution in [0, 0.1) is 11.3 Å². The van der Waals surface area contributed by atoms with Crippen molar-refractivity contribution in [1.29, 1.82) is 5.26 Å². The van der Waals surface area contributed by atoms with Gasteiger partial charge in [-0.15, -0.1) is 11.3 Å². The van der Waals surface area contributed by atoms with E-state index in [0.29, 0.717) is 51.0 Å². The van der Waals surface area contributed by atoms with E-state index in [1.54, 1.807) is 24.3 Å². The highest BCUT2D eigenvalue weighted by molar-refractivity contribution is 7.20. The molecule has 1 amide bonds. The molecule has 28 heavy (non-hydrogen) atoms. The summed E-state index contributed by atoms with van der Waals surface area (Å²) in [6, 6.07) is 10.9. The first kappa shape index (κ1) is 18.3. The molecule has 0 saturated carbocycles. The van der Waals surface area contributed by atoms with Crippen LogP contribution in [0.1, 0.15) is 29.1 Å². The minimum atomic E-state index is -0.0440. The number of anilines is 1. The van der Waals surface area contributed by atoms with E-state index >= 15 is 0 Å². The lowest BCUT2D eigenvalue weighted by atomic mass is 10.1. The number of amides is 1. The first-order valence-electron chi connectivity index (χ1n) is 8.97. The van der Waals surface area contributed by atoms with Crippen LogP contribution in [0.5, 0.6) is 0 Å². The third kappa shape index (κ3) is 3.42. The van der Waals surface area contributed by atoms with Crippen molar-refractivity contribution in [3.8, 4) is 17.5 Å². The van der Waals surface area contributed by atoms with Crippen LogP contribution >= 0.6 is 11.3 Å². The number of morpholine rings is 1. The summed E-state index contributed by atoms with van der Waals surface area (Å²) in [5, 5.41) is 9.77. The zero-order valence-corrected chi connectivity index (χ0v) is 16.4. The predicted molar refractivity (Wildman–Crippen MR) is 108 cm³/mol. The van der Waals surface area contributed by atoms with E-state index in [2.05, 4.69) is 16.0 Å². The Morgan fingerprint density at radius 3 is 2.75 bits per heavy atom. The fourth-order valence-corrected chi connectivity index (χ4v) is 4.41. The molecular formula is C20H19N5O2S. The average Bonchev–Trinajstić information content (AvgIpc) is 3.11. The van der Waals surface area contributed by atoms with Crippen molar-refractivity contribution in [2.24, 2.45) is 0 Å². The van der Waals surface area contributed by atoms with Gasteiger partial charge in [-0.25, -0.2) is 9.97 Å². The second-order valence-corrected chi connectivity index (χ2v) is 7.95. The van der Waals surface area contributed by atoms with Crippen molar-refractivity contribution >= 4 is 33.3 Å². The fourth-order valence-electron chi connectivity index (χ4n) is 3.41. The van der Waals surface area contributed by atoms with E-state index in [1.165, 1.54) is 11.3 Å². The van der Waals surface area contributed by atoms with Crippen LogP contribution in [-0.2, 0) is 4.74 Å². The van der Waals surface area contributed by atoms with Gasteiger partial charge in [0, 0.05) is 18.7 Å². The highest BCUT2D eigenvalue weighted by Crippen LogP contribution is 2.31. The number of nitriles is 1. The summed E-state index contributed by atoms with van der Waals surface area (Å²) < 4.78 is 5.71. The highest BCUT2D eigenvalue weighted by atomic mass is 32.1. The number of benzene rings is 1. The van der Waals surface area contributed by atoms with Gasteiger partial charge in [0.2, 0.25) is 0 Å². The third-order valence-corrected chi connectivity index (χ3v) is 5.61. The fraction of sp³-hybridized carbons (Fsp3) is 0.300. The van der Waals surface area contributed by atoms with Gasteiger partial charge in [0.05, 0.1) is 34.1 Å². The summed E-state index contributed by atoms with van der Waals surface area (Å²) in [6.45, 7) is 5.05. The van der Waals surface area contributed by atoms with Crippen LogP contribution in [0.3, 0.4) is 0 Å². The number of rotatable bonds is 2. The molecular weight excluding hydrogens is 374 g/mol. The molecule has 7 nitrogen and oxygen atoms in total. The number of ether oxygens (including phenoxy) is 1. The topological polar surface area (TPSA) is 105 Å². The van der Waals surface area contributed by atoms with Gasteiger partial charge in [-0.2, -0.15) is 5.26 Å². The summed E-state index contributed by atoms with van der Waals surface area (Å²) >= 11 is 1.31. The molecule has 2 unspecified atom stereocenters. The Hall–Kier alpha value is -3.02. The van der Waals surface area contributed by atoms with Crippen molar-refractivity contribution in [2.75, 3.05) is 18.8 Å². The van der Waals surface area contributed by atoms with E-state index in [1.807, 2.05) is 24.8 Å². The van der Waals surface area contributed by atoms with Gasteiger partial charge < -0.3 is 15.4 Å². The Labute approximate surface area is 166 Å². The van der Waals surface area contributed by atoms with Crippen molar-refractivity contribution in [3.63, 3.8) is 0 Å². The normalized spacial score (nSPS) is 19.5. The number of aromatic nitrogens is 2. The molecule has 1 aromatic carbocycles. The van der Waals surface area contributed by atoms with E-state index < -0.39 is 0 Å². The number of hydrogen-bond acceptors (Lipinski definition) is 7. The van der Waals surface area contributed by atoms with Gasteiger partial charge in [0.15, 0.2) is 5.82 Å². The molecule has 3 aromatic rings. The standard InChI is InChI=1S/C20H19N5O2S/c1-11-9-25(10-12(2)27-11)20(26)16-7-15-17(22)23-18(24-19(15)28-16)14-5-3-4-13(6-14)8-21/h3-7,11-12H,9-10H2,1-2H3,(H2,22,23,24). The maximum atomic E-state index is 13.0. The molecule has 2 atom stereocenters. The molecule has 142 valence electrons. The van der Waals surface area contributed by atoms with Gasteiger partial charge >= 0.3 is 0 Å². The smallest absolute Gasteiger partial charge is 0.264 e. The molecule has 2 N–H and O–H groups in total. The largest absolute Gasteiger partial charge is 0.383 e. The molecule has 0 spiro atoms. The summed E-state index contributed by atoms with van der Waals surface area (Å²) in [7, 11) is 0. The number of carbonyl (C=O) groups is 1. The Morgan fingerprint density at radius 2 is 2.04 bits per heavy atom. The summed E-state index contributed by atoms with van der Waals surface area (Å²) in [5.74, 6) is 0.718. The Morgan fingerprint density at radius 1 is 1.29 bits per heavy atom. The van der Waals surface area contributed by atoms with Crippen molar-refractivity contribution in [1.82, 2.24) is 14.9 Å². The van der Waals surface area contributed by atoms with Crippen LogP contribution in [-0.4, -0.2) is 46.1 Å². The summed E-state index contributed by atoms with van der Waals surface area (Å²) in [4.78, 5) is 25.0. The van der Waals surface area contributed by atoms with Crippen molar-refractivity contribution in [3.05, 3.63) is 40.8 Å². The molecule has 4 rings (SSSR count). The molecule has 0 bridgehead atoms. The van der Waals surface area contributed by atoms with Crippen LogP contribution in [0.4, 0.5) is 5.82 Å². The SMILES string of the molecule is CC1CN(C(=O)c2cc3c(N)nc(-c4cccc(C#N)c4)nc3s2)CC(C)O1. The first-order chi connectivity index (χ1) is 13.4. The second kappa shape index (κ2) is 7.19. The number of hydrogen-bond donors (Lipinski definition) is 1. The van der Waals surface area contributed by atoms with Gasteiger partial charge in [0.1, 0.15) is 10.6 Å². The number of nitrogens with two attached hydrogens (primary N) is 1. The minimum absolute atomic E-state index is 0.00551. The van der Waals surface area contributed by atoms with Crippen molar-refractivity contribution in [2.45, 2.75) is 26.1 Å². The lowest BCUT2D eigenvalue weighted by Gasteiger charge is -2.35. The molecule has 0 aliphatic carbocycles. The summed E-state index contributed by atoms with van der Waals surface area (Å²) in [5.41, 5.74) is 7.38. The van der Waals surface area contributed by atoms with Crippen LogP contribution in [0.15, 0.2) is 30.3 Å². The molecule has 1 fully saturated rings. The van der Waals surface area contributed by atoms with E-state index in [-0.39, 0.29) is 18.1 Å². The zero-order valence-electron chi connectivity index (χ0n) is 15.5. The Kier molecular flexibility index (Phi) is 4.71. The molecule has 1 saturated heterocycles. The number of thiophene rings is 1. The molecule has 1 aliphatic rings. The van der Waals surface area contributed by atoms with Crippen LogP contribution in [0.2, 0.25) is 0 Å². The minimum Gasteiger partial charge on any atom is -0.383 e. The lowest BCUT2D eigenvalue weighted by Crippen LogP contribution is -2.48. The van der Waals surface area contributed by atoms with E-state index in [0.717, 1.165) is 0 Å². The second-order valence-electron chi connectivity index (χ2n) is 6.92. The summed E-state index contributed by atoms with van der Waals surface area (Å²) in [6.07, 6.45) is 0.0110. The van der Waals surface area contributed by atoms with E-state index in [9.17, 15) is 4.79 Å². The van der Waals surface area contributed by atoms with Gasteiger partial charge in [-0.3, -0.25) is 4.79 Å². The molecule has 1 aliphatic heterocycles. The predicted octanol–water partition coefficient (Wildman–Crippen LogP) is 3.06. The highest BCUT2D eigenvalue weighted by Gasteiger charge is 2.28. The molecule has 3 heterocycles. The van der Waals surface area contributed by atoms with Gasteiger partial charge in [-0.05, 0) is 32.0 Å². The molecule has 8 heteroatoms. The maximum Gasteiger partial charge on any atom is 0.264 e. The van der Waals surface area contributed by atoms with Gasteiger partial charge in [0.25, 0.3) is 5.91 Å². The van der Waals surface area contributed by atoms with Crippen molar-refractivity contribution < 1.29 is 9.53 Å². The Bertz CT molecular complexity index is 1090. The maximum absolute atomic E-state index is 13.0. The molecule has 2 aromatic heterocycles. The Balaban J connectivity index is 1.70. The number of carbonyl (C=O) groups excluding carboxylic acids is 1.